The molecular weight excluding hydrogens is 452 g/mol. The highest BCUT2D eigenvalue weighted by atomic mass is 32.2. The average molecular weight is 468 g/mol. The van der Waals surface area contributed by atoms with Crippen molar-refractivity contribution in [1.29, 1.82) is 0 Å². The van der Waals surface area contributed by atoms with Gasteiger partial charge < -0.3 is 19.8 Å². The van der Waals surface area contributed by atoms with Crippen LogP contribution in [-0.4, -0.2) is 41.6 Å². The fraction of sp³-hybridized carbons (Fsp3) is 0.250. The van der Waals surface area contributed by atoms with Gasteiger partial charge in [0.1, 0.15) is 23.4 Å². The minimum Gasteiger partial charge on any atom is -0.497 e. The van der Waals surface area contributed by atoms with Crippen molar-refractivity contribution in [3.05, 3.63) is 53.6 Å². The summed E-state index contributed by atoms with van der Waals surface area (Å²) < 4.78 is 64.3. The molecule has 0 spiro atoms. The summed E-state index contributed by atoms with van der Waals surface area (Å²) in [5.74, 6) is -5.49. The first-order chi connectivity index (χ1) is 15.4. The third kappa shape index (κ3) is 4.49. The Morgan fingerprint density at radius 1 is 1.19 bits per heavy atom. The molecule has 1 aliphatic heterocycles. The van der Waals surface area contributed by atoms with E-state index in [1.807, 2.05) is 0 Å². The highest BCUT2D eigenvalue weighted by Crippen LogP contribution is 2.33. The minimum atomic E-state index is -2.54. The van der Waals surface area contributed by atoms with Crippen molar-refractivity contribution in [2.45, 2.75) is 22.6 Å². The maximum atomic E-state index is 14.5. The van der Waals surface area contributed by atoms with Crippen LogP contribution in [0.2, 0.25) is 0 Å². The molecular formula is C20H16F4N4O3S. The number of benzene rings is 2. The highest BCUT2D eigenvalue weighted by Gasteiger charge is 2.40. The van der Waals surface area contributed by atoms with E-state index in [-0.39, 0.29) is 29.8 Å². The summed E-state index contributed by atoms with van der Waals surface area (Å²) >= 11 is 0.406. The van der Waals surface area contributed by atoms with Crippen LogP contribution in [0.4, 0.5) is 23.6 Å². The van der Waals surface area contributed by atoms with Gasteiger partial charge in [-0.1, -0.05) is 16.9 Å². The molecule has 1 aliphatic rings. The molecule has 1 saturated heterocycles. The number of anilines is 1. The molecule has 4 rings (SSSR count). The van der Waals surface area contributed by atoms with Crippen LogP contribution in [0.5, 0.6) is 5.75 Å². The Labute approximate surface area is 183 Å². The Balaban J connectivity index is 1.54. The van der Waals surface area contributed by atoms with Crippen LogP contribution in [0, 0.1) is 11.6 Å². The number of thioether (sulfide) groups is 1. The number of halogens is 4. The van der Waals surface area contributed by atoms with Gasteiger partial charge in [-0.25, -0.2) is 8.78 Å². The van der Waals surface area contributed by atoms with E-state index < -0.39 is 35.3 Å². The lowest BCUT2D eigenvalue weighted by molar-refractivity contribution is -0.119. The van der Waals surface area contributed by atoms with E-state index in [0.717, 1.165) is 12.1 Å². The van der Waals surface area contributed by atoms with Gasteiger partial charge in [-0.2, -0.15) is 8.78 Å². The first-order valence-electron chi connectivity index (χ1n) is 9.31. The van der Waals surface area contributed by atoms with Crippen molar-refractivity contribution in [3.8, 4) is 17.2 Å². The van der Waals surface area contributed by atoms with Crippen LogP contribution in [-0.2, 0) is 4.79 Å². The van der Waals surface area contributed by atoms with Gasteiger partial charge >= 0.3 is 6.01 Å². The molecule has 2 heterocycles. The van der Waals surface area contributed by atoms with Crippen LogP contribution in [0.15, 0.2) is 45.7 Å². The van der Waals surface area contributed by atoms with Crippen molar-refractivity contribution in [2.75, 3.05) is 19.0 Å². The van der Waals surface area contributed by atoms with Gasteiger partial charge in [-0.15, -0.1) is 5.10 Å². The van der Waals surface area contributed by atoms with Gasteiger partial charge in [-0.05, 0) is 24.3 Å². The molecule has 0 aliphatic carbocycles. The molecule has 2 N–H and O–H groups in total. The minimum absolute atomic E-state index is 0.000921. The first kappa shape index (κ1) is 21.9. The summed E-state index contributed by atoms with van der Waals surface area (Å²) in [4.78, 5) is 12.7. The summed E-state index contributed by atoms with van der Waals surface area (Å²) in [6, 6.07) is 6.93. The number of carbonyl (C=O) groups excluding carboxylic acids is 1. The maximum Gasteiger partial charge on any atom is 0.316 e. The lowest BCUT2D eigenvalue weighted by Crippen LogP contribution is -2.33. The van der Waals surface area contributed by atoms with Crippen molar-refractivity contribution < 1.29 is 31.5 Å². The number of hydrogen-bond donors (Lipinski definition) is 2. The second-order valence-corrected chi connectivity index (χ2v) is 7.86. The van der Waals surface area contributed by atoms with Gasteiger partial charge in [0.15, 0.2) is 0 Å². The second-order valence-electron chi connectivity index (χ2n) is 6.79. The van der Waals surface area contributed by atoms with Crippen LogP contribution in [0.1, 0.15) is 11.5 Å². The predicted octanol–water partition coefficient (Wildman–Crippen LogP) is 4.03. The summed E-state index contributed by atoms with van der Waals surface area (Å²) in [5, 5.41) is 13.0. The molecule has 0 radical (unpaired) electrons. The Hall–Kier alpha value is -3.28. The first-order valence-corrected chi connectivity index (χ1v) is 10.2. The highest BCUT2D eigenvalue weighted by molar-refractivity contribution is 7.99. The lowest BCUT2D eigenvalue weighted by atomic mass is 9.93. The predicted molar refractivity (Wildman–Crippen MR) is 108 cm³/mol. The van der Waals surface area contributed by atoms with E-state index in [9.17, 15) is 22.4 Å². The zero-order valence-electron chi connectivity index (χ0n) is 16.4. The number of hydrogen-bond acceptors (Lipinski definition) is 7. The van der Waals surface area contributed by atoms with Crippen molar-refractivity contribution in [2.24, 2.45) is 0 Å². The topological polar surface area (TPSA) is 89.3 Å². The Morgan fingerprint density at radius 3 is 2.50 bits per heavy atom. The van der Waals surface area contributed by atoms with E-state index in [1.54, 1.807) is 0 Å². The number of alkyl halides is 2. The summed E-state index contributed by atoms with van der Waals surface area (Å²) in [6.45, 7) is 0.000921. The molecule has 2 unspecified atom stereocenters. The smallest absolute Gasteiger partial charge is 0.316 e. The van der Waals surface area contributed by atoms with Crippen molar-refractivity contribution >= 4 is 23.7 Å². The monoisotopic (exact) mass is 468 g/mol. The molecule has 2 atom stereocenters. The molecule has 1 aromatic heterocycles. The maximum absolute atomic E-state index is 14.5. The molecule has 0 bridgehead atoms. The molecule has 7 nitrogen and oxygen atoms in total. The normalized spacial score (nSPS) is 18.1. The molecule has 2 aromatic carbocycles. The van der Waals surface area contributed by atoms with E-state index in [1.165, 1.54) is 31.4 Å². The number of carbonyl (C=O) groups is 1. The second kappa shape index (κ2) is 9.07. The summed E-state index contributed by atoms with van der Waals surface area (Å²) in [6.07, 6.45) is 0. The number of aromatic nitrogens is 2. The molecule has 1 fully saturated rings. The van der Waals surface area contributed by atoms with Gasteiger partial charge in [0.05, 0.1) is 7.11 Å². The van der Waals surface area contributed by atoms with Crippen molar-refractivity contribution in [1.82, 2.24) is 15.5 Å². The molecule has 12 heteroatoms. The average Bonchev–Trinajstić information content (AvgIpc) is 3.36. The van der Waals surface area contributed by atoms with Crippen molar-refractivity contribution in [3.63, 3.8) is 0 Å². The Bertz CT molecular complexity index is 1100. The van der Waals surface area contributed by atoms with Crippen LogP contribution in [0.25, 0.3) is 11.5 Å². The number of methoxy groups -OCH3 is 1. The van der Waals surface area contributed by atoms with Gasteiger partial charge in [0, 0.05) is 40.6 Å². The third-order valence-electron chi connectivity index (χ3n) is 4.87. The molecule has 3 aromatic rings. The molecule has 1 amide bonds. The number of nitrogens with zero attached hydrogens (tertiary/aromatic N) is 2. The summed E-state index contributed by atoms with van der Waals surface area (Å²) in [7, 11) is 1.29. The van der Waals surface area contributed by atoms with Gasteiger partial charge in [-0.3, -0.25) is 4.79 Å². The summed E-state index contributed by atoms with van der Waals surface area (Å²) in [5.41, 5.74) is 0.206. The third-order valence-corrected chi connectivity index (χ3v) is 5.59. The van der Waals surface area contributed by atoms with Gasteiger partial charge in [0.25, 0.3) is 5.76 Å². The molecule has 0 saturated carbocycles. The number of nitrogens with one attached hydrogen (secondary N) is 2. The Morgan fingerprint density at radius 2 is 1.88 bits per heavy atom. The van der Waals surface area contributed by atoms with Crippen LogP contribution < -0.4 is 15.4 Å². The van der Waals surface area contributed by atoms with E-state index in [0.29, 0.717) is 22.2 Å². The Kier molecular flexibility index (Phi) is 6.21. The SMILES string of the molecule is COc1cc(F)c(C2CNC(=O)C2Nc2nnc(-c3ccc(SC(F)F)cc3)o2)c(F)c1. The standard InChI is InChI=1S/C20H16F4N4O3S/c1-30-10-6-13(21)15(14(22)7-10)12-8-25-17(29)16(12)26-20-28-27-18(31-20)9-2-4-11(5-3-9)32-19(23)24/h2-7,12,16,19H,8H2,1H3,(H,25,29)(H,26,28). The number of ether oxygens (including phenoxy) is 1. The van der Waals surface area contributed by atoms with E-state index in [4.69, 9.17) is 9.15 Å². The quantitative estimate of drug-likeness (QED) is 0.400. The fourth-order valence-electron chi connectivity index (χ4n) is 3.40. The zero-order valence-corrected chi connectivity index (χ0v) is 17.3. The zero-order chi connectivity index (χ0) is 22.8. The largest absolute Gasteiger partial charge is 0.497 e. The number of amides is 1. The fourth-order valence-corrected chi connectivity index (χ4v) is 3.90. The molecule has 32 heavy (non-hydrogen) atoms. The van der Waals surface area contributed by atoms with E-state index in [2.05, 4.69) is 20.8 Å². The lowest BCUT2D eigenvalue weighted by Gasteiger charge is -2.19. The number of rotatable bonds is 7. The van der Waals surface area contributed by atoms with E-state index >= 15 is 0 Å². The molecule has 168 valence electrons. The van der Waals surface area contributed by atoms with Crippen LogP contribution in [0.3, 0.4) is 0 Å². The van der Waals surface area contributed by atoms with Gasteiger partial charge in [0.2, 0.25) is 11.8 Å². The van der Waals surface area contributed by atoms with Crippen LogP contribution >= 0.6 is 11.8 Å².